The van der Waals surface area contributed by atoms with Crippen LogP contribution in [-0.4, -0.2) is 64.0 Å². The van der Waals surface area contributed by atoms with Gasteiger partial charge in [-0.3, -0.25) is 14.5 Å². The predicted molar refractivity (Wildman–Crippen MR) is 129 cm³/mol. The predicted octanol–water partition coefficient (Wildman–Crippen LogP) is 2.74. The number of para-hydroxylation sites is 1. The minimum Gasteiger partial charge on any atom is -0.459 e. The summed E-state index contributed by atoms with van der Waals surface area (Å²) in [6, 6.07) is 9.56. The van der Waals surface area contributed by atoms with Crippen molar-refractivity contribution in [3.63, 3.8) is 0 Å². The Hall–Kier alpha value is -3.49. The Bertz CT molecular complexity index is 1280. The SMILES string of the molecule is Cc1c(CN(C)C(=O)/C=C/c2cnc3c(c2)CC[C@H](N2CC(O)C2)C(=O)N3)oc2ccccc12. The van der Waals surface area contributed by atoms with E-state index in [0.29, 0.717) is 38.3 Å². The van der Waals surface area contributed by atoms with E-state index in [4.69, 9.17) is 4.42 Å². The number of aliphatic hydroxyl groups is 1. The summed E-state index contributed by atoms with van der Waals surface area (Å²) in [5.74, 6) is 1.12. The minimum atomic E-state index is -0.347. The van der Waals surface area contributed by atoms with Crippen molar-refractivity contribution >= 4 is 34.7 Å². The molecule has 34 heavy (non-hydrogen) atoms. The number of rotatable bonds is 5. The number of carbonyl (C=O) groups is 2. The Labute approximate surface area is 197 Å². The van der Waals surface area contributed by atoms with Crippen LogP contribution in [0.25, 0.3) is 17.0 Å². The second-order valence-corrected chi connectivity index (χ2v) is 9.10. The molecule has 8 heteroatoms. The lowest BCUT2D eigenvalue weighted by Gasteiger charge is -2.40. The smallest absolute Gasteiger partial charge is 0.246 e. The van der Waals surface area contributed by atoms with Gasteiger partial charge >= 0.3 is 0 Å². The second kappa shape index (κ2) is 9.04. The first kappa shape index (κ1) is 22.3. The third kappa shape index (κ3) is 4.34. The maximum Gasteiger partial charge on any atom is 0.246 e. The van der Waals surface area contributed by atoms with Crippen LogP contribution in [0.5, 0.6) is 0 Å². The molecule has 176 valence electrons. The molecule has 0 bridgehead atoms. The van der Waals surface area contributed by atoms with E-state index in [1.54, 1.807) is 24.2 Å². The van der Waals surface area contributed by atoms with Crippen LogP contribution in [0.3, 0.4) is 0 Å². The van der Waals surface area contributed by atoms with E-state index in [0.717, 1.165) is 33.4 Å². The van der Waals surface area contributed by atoms with Crippen LogP contribution in [0.2, 0.25) is 0 Å². The van der Waals surface area contributed by atoms with Gasteiger partial charge in [-0.15, -0.1) is 0 Å². The van der Waals surface area contributed by atoms with Gasteiger partial charge in [0.05, 0.1) is 18.7 Å². The molecule has 3 aromatic rings. The number of benzene rings is 1. The Morgan fingerprint density at radius 2 is 2.15 bits per heavy atom. The normalized spacial score (nSPS) is 19.0. The van der Waals surface area contributed by atoms with Crippen LogP contribution in [0.4, 0.5) is 5.82 Å². The van der Waals surface area contributed by atoms with E-state index in [2.05, 4.69) is 10.3 Å². The Balaban J connectivity index is 1.24. The number of carbonyl (C=O) groups excluding carboxylic acids is 2. The zero-order valence-corrected chi connectivity index (χ0v) is 19.3. The first-order valence-electron chi connectivity index (χ1n) is 11.5. The van der Waals surface area contributed by atoms with E-state index in [1.807, 2.05) is 42.2 Å². The van der Waals surface area contributed by atoms with Crippen LogP contribution >= 0.6 is 0 Å². The zero-order chi connectivity index (χ0) is 23.8. The highest BCUT2D eigenvalue weighted by atomic mass is 16.3. The molecule has 2 aliphatic rings. The number of fused-ring (bicyclic) bond motifs is 2. The van der Waals surface area contributed by atoms with E-state index >= 15 is 0 Å². The van der Waals surface area contributed by atoms with Gasteiger partial charge in [-0.1, -0.05) is 18.2 Å². The molecule has 2 aliphatic heterocycles. The van der Waals surface area contributed by atoms with Crippen molar-refractivity contribution in [2.75, 3.05) is 25.5 Å². The summed E-state index contributed by atoms with van der Waals surface area (Å²) in [7, 11) is 1.75. The van der Waals surface area contributed by atoms with Crippen LogP contribution in [0.1, 0.15) is 28.9 Å². The summed E-state index contributed by atoms with van der Waals surface area (Å²) in [5.41, 5.74) is 3.61. The van der Waals surface area contributed by atoms with E-state index < -0.39 is 0 Å². The van der Waals surface area contributed by atoms with E-state index in [-0.39, 0.29) is 24.0 Å². The van der Waals surface area contributed by atoms with E-state index in [1.165, 1.54) is 6.08 Å². The topological polar surface area (TPSA) is 98.9 Å². The third-order valence-electron chi connectivity index (χ3n) is 6.67. The van der Waals surface area contributed by atoms with Crippen molar-refractivity contribution in [2.24, 2.45) is 0 Å². The Morgan fingerprint density at radius 3 is 2.91 bits per heavy atom. The Morgan fingerprint density at radius 1 is 1.35 bits per heavy atom. The van der Waals surface area contributed by atoms with Crippen molar-refractivity contribution in [3.8, 4) is 0 Å². The number of nitrogens with zero attached hydrogens (tertiary/aromatic N) is 3. The fraction of sp³-hybridized carbons (Fsp3) is 0.346. The number of β-amino-alcohol motifs (C(OH)–C–C–N with tert-alkyl or cyclic N) is 1. The number of nitrogens with one attached hydrogen (secondary N) is 1. The summed E-state index contributed by atoms with van der Waals surface area (Å²) in [6.45, 7) is 3.44. The largest absolute Gasteiger partial charge is 0.459 e. The molecule has 2 amide bonds. The molecule has 0 spiro atoms. The number of likely N-dealkylation sites (tertiary alicyclic amines) is 1. The average molecular weight is 461 g/mol. The number of hydrogen-bond donors (Lipinski definition) is 2. The molecule has 0 radical (unpaired) electrons. The highest BCUT2D eigenvalue weighted by molar-refractivity contribution is 5.96. The molecule has 2 aromatic heterocycles. The fourth-order valence-corrected chi connectivity index (χ4v) is 4.60. The molecule has 4 heterocycles. The Kier molecular flexibility index (Phi) is 5.93. The van der Waals surface area contributed by atoms with Crippen LogP contribution in [0, 0.1) is 6.92 Å². The number of anilines is 1. The highest BCUT2D eigenvalue weighted by Gasteiger charge is 2.36. The fourth-order valence-electron chi connectivity index (χ4n) is 4.60. The van der Waals surface area contributed by atoms with Gasteiger partial charge in [0, 0.05) is 43.4 Å². The number of likely N-dealkylation sites (N-methyl/N-ethyl adjacent to an activating group) is 1. The van der Waals surface area contributed by atoms with Crippen molar-refractivity contribution in [3.05, 3.63) is 65.1 Å². The van der Waals surface area contributed by atoms with Crippen molar-refractivity contribution < 1.29 is 19.1 Å². The number of pyridine rings is 1. The lowest BCUT2D eigenvalue weighted by Crippen LogP contribution is -2.58. The quantitative estimate of drug-likeness (QED) is 0.568. The zero-order valence-electron chi connectivity index (χ0n) is 19.3. The molecule has 8 nitrogen and oxygen atoms in total. The number of aliphatic hydroxyl groups excluding tert-OH is 1. The summed E-state index contributed by atoms with van der Waals surface area (Å²) in [4.78, 5) is 33.3. The number of aryl methyl sites for hydroxylation is 2. The van der Waals surface area contributed by atoms with E-state index in [9.17, 15) is 14.7 Å². The van der Waals surface area contributed by atoms with Gasteiger partial charge in [-0.25, -0.2) is 4.98 Å². The summed E-state index contributed by atoms with van der Waals surface area (Å²) in [6.07, 6.45) is 5.94. The maximum absolute atomic E-state index is 12.7. The number of amides is 2. The number of furan rings is 1. The van der Waals surface area contributed by atoms with Crippen LogP contribution in [-0.2, 0) is 22.6 Å². The third-order valence-corrected chi connectivity index (χ3v) is 6.67. The molecular formula is C26H28N4O4. The minimum absolute atomic E-state index is 0.0841. The first-order valence-corrected chi connectivity index (χ1v) is 11.5. The van der Waals surface area contributed by atoms with Crippen LogP contribution in [0.15, 0.2) is 47.0 Å². The standard InChI is InChI=1S/C26H28N4O4/c1-16-20-5-3-4-6-22(20)34-23(16)15-29(2)24(32)10-7-17-11-18-8-9-21(30-13-19(31)14-30)26(33)28-25(18)27-12-17/h3-7,10-12,19,21,31H,8-9,13-15H2,1-2H3,(H,27,28,33)/b10-7+/t21-/m0/s1. The maximum atomic E-state index is 12.7. The molecule has 0 unspecified atom stereocenters. The molecule has 0 saturated carbocycles. The monoisotopic (exact) mass is 460 g/mol. The van der Waals surface area contributed by atoms with Gasteiger partial charge in [0.15, 0.2) is 0 Å². The second-order valence-electron chi connectivity index (χ2n) is 9.10. The molecule has 1 aromatic carbocycles. The molecule has 1 fully saturated rings. The highest BCUT2D eigenvalue weighted by Crippen LogP contribution is 2.27. The van der Waals surface area contributed by atoms with Gasteiger partial charge in [-0.05, 0) is 49.1 Å². The number of hydrogen-bond acceptors (Lipinski definition) is 6. The molecule has 1 saturated heterocycles. The van der Waals surface area contributed by atoms with Crippen molar-refractivity contribution in [2.45, 2.75) is 38.5 Å². The lowest BCUT2D eigenvalue weighted by molar-refractivity contribution is -0.126. The van der Waals surface area contributed by atoms with Crippen molar-refractivity contribution in [1.82, 2.24) is 14.8 Å². The lowest BCUT2D eigenvalue weighted by atomic mass is 10.0. The molecule has 2 N–H and O–H groups in total. The summed E-state index contributed by atoms with van der Waals surface area (Å²) in [5, 5.41) is 13.5. The summed E-state index contributed by atoms with van der Waals surface area (Å²) < 4.78 is 5.93. The molecular weight excluding hydrogens is 432 g/mol. The van der Waals surface area contributed by atoms with Gasteiger partial charge in [-0.2, -0.15) is 0 Å². The van der Waals surface area contributed by atoms with Gasteiger partial charge in [0.25, 0.3) is 0 Å². The number of aromatic nitrogens is 1. The van der Waals surface area contributed by atoms with Gasteiger partial charge in [0.1, 0.15) is 17.2 Å². The van der Waals surface area contributed by atoms with Gasteiger partial charge < -0.3 is 19.7 Å². The van der Waals surface area contributed by atoms with Crippen LogP contribution < -0.4 is 5.32 Å². The average Bonchev–Trinajstić information content (AvgIpc) is 3.02. The first-order chi connectivity index (χ1) is 16.4. The van der Waals surface area contributed by atoms with Gasteiger partial charge in [0.2, 0.25) is 11.8 Å². The van der Waals surface area contributed by atoms with Crippen molar-refractivity contribution in [1.29, 1.82) is 0 Å². The summed E-state index contributed by atoms with van der Waals surface area (Å²) >= 11 is 0. The molecule has 5 rings (SSSR count). The molecule has 1 atom stereocenters. The molecule has 0 aliphatic carbocycles.